The number of carbonyl (C=O) groups excluding carboxylic acids is 1. The van der Waals surface area contributed by atoms with Gasteiger partial charge in [-0.15, -0.1) is 0 Å². The molecule has 0 radical (unpaired) electrons. The third-order valence-electron chi connectivity index (χ3n) is 6.48. The highest BCUT2D eigenvalue weighted by molar-refractivity contribution is 5.95. The minimum atomic E-state index is -0.538. The van der Waals surface area contributed by atoms with E-state index in [0.29, 0.717) is 24.1 Å². The minimum Gasteiger partial charge on any atom is -0.482 e. The quantitative estimate of drug-likeness (QED) is 0.528. The van der Waals surface area contributed by atoms with E-state index in [2.05, 4.69) is 57.3 Å². The number of rotatable bonds is 5. The first kappa shape index (κ1) is 25.5. The molecule has 0 saturated carbocycles. The average molecular weight is 490 g/mol. The molecular weight excluding hydrogens is 454 g/mol. The molecule has 5 rings (SSSR count). The van der Waals surface area contributed by atoms with Crippen molar-refractivity contribution in [3.8, 4) is 5.75 Å². The van der Waals surface area contributed by atoms with Gasteiger partial charge in [-0.1, -0.05) is 52.0 Å². The van der Waals surface area contributed by atoms with Gasteiger partial charge in [0.15, 0.2) is 6.61 Å². The van der Waals surface area contributed by atoms with Gasteiger partial charge in [0, 0.05) is 13.1 Å². The largest absolute Gasteiger partial charge is 0.482 e. The summed E-state index contributed by atoms with van der Waals surface area (Å²) in [6, 6.07) is 12.6. The van der Waals surface area contributed by atoms with Gasteiger partial charge in [0.2, 0.25) is 0 Å². The fraction of sp³-hybridized carbons (Fsp3) is 0.414. The van der Waals surface area contributed by atoms with Crippen molar-refractivity contribution in [2.24, 2.45) is 11.8 Å². The Labute approximate surface area is 212 Å². The standard InChI is InChI=1S/C17H20N2O2.C12H15NO2/c1-10(2)7-11-3-4-12-5-6-19(9-13(12)8-11)15-14(18)16(20)17(15)21;1-8(2)5-9-3-4-11-10(6-9)13-12(14)7-15-11/h3-4,8,10H,5-7,9,18H2,1-2H3;3-4,6,8H,5,7H2,1-2H3,(H,13,14). The van der Waals surface area contributed by atoms with Crippen molar-refractivity contribution in [2.75, 3.05) is 29.1 Å². The van der Waals surface area contributed by atoms with Crippen molar-refractivity contribution >= 4 is 23.0 Å². The lowest BCUT2D eigenvalue weighted by molar-refractivity contribution is -0.118. The lowest BCUT2D eigenvalue weighted by atomic mass is 9.93. The van der Waals surface area contributed by atoms with E-state index in [1.807, 2.05) is 17.0 Å². The molecule has 0 fully saturated rings. The van der Waals surface area contributed by atoms with Crippen molar-refractivity contribution in [3.05, 3.63) is 79.1 Å². The van der Waals surface area contributed by atoms with Crippen LogP contribution in [0, 0.1) is 11.8 Å². The van der Waals surface area contributed by atoms with E-state index in [9.17, 15) is 14.4 Å². The molecule has 0 aliphatic carbocycles. The van der Waals surface area contributed by atoms with Crippen LogP contribution in [0.4, 0.5) is 17.1 Å². The zero-order valence-corrected chi connectivity index (χ0v) is 21.5. The van der Waals surface area contributed by atoms with Crippen LogP contribution in [0.15, 0.2) is 46.0 Å². The number of ether oxygens (including phenoxy) is 1. The zero-order valence-electron chi connectivity index (χ0n) is 21.5. The number of fused-ring (bicyclic) bond motifs is 2. The molecular formula is C29H35N3O4. The Morgan fingerprint density at radius 2 is 1.58 bits per heavy atom. The van der Waals surface area contributed by atoms with Gasteiger partial charge in [0.1, 0.15) is 17.1 Å². The van der Waals surface area contributed by atoms with Crippen LogP contribution in [0.5, 0.6) is 5.75 Å². The number of benzene rings is 2. The van der Waals surface area contributed by atoms with Crippen molar-refractivity contribution in [3.63, 3.8) is 0 Å². The van der Waals surface area contributed by atoms with E-state index >= 15 is 0 Å². The lowest BCUT2D eigenvalue weighted by Crippen LogP contribution is -2.44. The first-order valence-corrected chi connectivity index (χ1v) is 12.6. The van der Waals surface area contributed by atoms with E-state index in [1.54, 1.807) is 0 Å². The predicted octanol–water partition coefficient (Wildman–Crippen LogP) is 3.84. The summed E-state index contributed by atoms with van der Waals surface area (Å²) in [6.45, 7) is 10.3. The van der Waals surface area contributed by atoms with Crippen LogP contribution in [-0.4, -0.2) is 19.1 Å². The zero-order chi connectivity index (χ0) is 26.0. The molecule has 3 N–H and O–H groups in total. The van der Waals surface area contributed by atoms with E-state index in [-0.39, 0.29) is 18.2 Å². The number of nitrogens with two attached hydrogens (primary N) is 1. The van der Waals surface area contributed by atoms with E-state index in [0.717, 1.165) is 37.2 Å². The Morgan fingerprint density at radius 1 is 0.917 bits per heavy atom. The highest BCUT2D eigenvalue weighted by atomic mass is 16.5. The summed E-state index contributed by atoms with van der Waals surface area (Å²) in [5.74, 6) is 1.92. The number of nitrogens with zero attached hydrogens (tertiary/aromatic N) is 1. The summed E-state index contributed by atoms with van der Waals surface area (Å²) in [4.78, 5) is 36.0. The van der Waals surface area contributed by atoms with E-state index in [4.69, 9.17) is 10.5 Å². The topological polar surface area (TPSA) is 102 Å². The number of hydrogen-bond donors (Lipinski definition) is 2. The molecule has 190 valence electrons. The molecule has 0 spiro atoms. The third kappa shape index (κ3) is 5.61. The molecule has 0 atom stereocenters. The smallest absolute Gasteiger partial charge is 0.262 e. The minimum absolute atomic E-state index is 0.0794. The van der Waals surface area contributed by atoms with Crippen LogP contribution < -0.4 is 31.5 Å². The number of carbonyl (C=O) groups is 1. The molecule has 0 unspecified atom stereocenters. The fourth-order valence-corrected chi connectivity index (χ4v) is 4.84. The molecule has 1 amide bonds. The number of amides is 1. The Morgan fingerprint density at radius 3 is 2.25 bits per heavy atom. The maximum absolute atomic E-state index is 11.7. The first-order chi connectivity index (χ1) is 17.1. The first-order valence-electron chi connectivity index (χ1n) is 12.6. The molecule has 7 nitrogen and oxygen atoms in total. The molecule has 3 aromatic rings. The Balaban J connectivity index is 0.000000179. The Kier molecular flexibility index (Phi) is 7.48. The normalized spacial score (nSPS) is 14.6. The van der Waals surface area contributed by atoms with E-state index < -0.39 is 10.9 Å². The molecule has 0 saturated heterocycles. The monoisotopic (exact) mass is 489 g/mol. The maximum Gasteiger partial charge on any atom is 0.262 e. The fourth-order valence-electron chi connectivity index (χ4n) is 4.84. The molecule has 36 heavy (non-hydrogen) atoms. The summed E-state index contributed by atoms with van der Waals surface area (Å²) in [5, 5.41) is 2.81. The summed E-state index contributed by atoms with van der Waals surface area (Å²) >= 11 is 0. The number of hydrogen-bond acceptors (Lipinski definition) is 6. The number of anilines is 3. The van der Waals surface area contributed by atoms with Crippen LogP contribution in [0.2, 0.25) is 0 Å². The molecule has 2 aliphatic heterocycles. The number of nitrogen functional groups attached to an aromatic ring is 1. The third-order valence-corrected chi connectivity index (χ3v) is 6.48. The summed E-state index contributed by atoms with van der Waals surface area (Å²) < 4.78 is 5.28. The van der Waals surface area contributed by atoms with Gasteiger partial charge in [-0.2, -0.15) is 0 Å². The highest BCUT2D eigenvalue weighted by Gasteiger charge is 2.26. The second-order valence-electron chi connectivity index (χ2n) is 10.6. The summed E-state index contributed by atoms with van der Waals surface area (Å²) in [6.07, 6.45) is 2.95. The van der Waals surface area contributed by atoms with Crippen LogP contribution in [0.3, 0.4) is 0 Å². The highest BCUT2D eigenvalue weighted by Crippen LogP contribution is 2.29. The molecule has 2 heterocycles. The Bertz CT molecular complexity index is 1340. The van der Waals surface area contributed by atoms with Crippen molar-refractivity contribution < 1.29 is 9.53 Å². The lowest BCUT2D eigenvalue weighted by Gasteiger charge is -2.32. The van der Waals surface area contributed by atoms with Crippen molar-refractivity contribution in [1.82, 2.24) is 0 Å². The van der Waals surface area contributed by atoms with Crippen molar-refractivity contribution in [2.45, 2.75) is 53.5 Å². The van der Waals surface area contributed by atoms with Gasteiger partial charge in [-0.25, -0.2) is 0 Å². The van der Waals surface area contributed by atoms with Gasteiger partial charge in [-0.05, 0) is 65.5 Å². The van der Waals surface area contributed by atoms with Crippen LogP contribution in [-0.2, 0) is 30.6 Å². The number of nitrogens with one attached hydrogen (secondary N) is 1. The average Bonchev–Trinajstić information content (AvgIpc) is 2.83. The van der Waals surface area contributed by atoms with Crippen LogP contribution in [0.25, 0.3) is 0 Å². The molecule has 2 aliphatic rings. The molecule has 7 heteroatoms. The van der Waals surface area contributed by atoms with Gasteiger partial charge < -0.3 is 20.7 Å². The van der Waals surface area contributed by atoms with Crippen LogP contribution in [0.1, 0.15) is 49.9 Å². The molecule has 3 aromatic carbocycles. The summed E-state index contributed by atoms with van der Waals surface area (Å²) in [7, 11) is 0. The summed E-state index contributed by atoms with van der Waals surface area (Å²) in [5.41, 5.74) is 11.2. The van der Waals surface area contributed by atoms with Crippen molar-refractivity contribution in [1.29, 1.82) is 0 Å². The van der Waals surface area contributed by atoms with Gasteiger partial charge in [0.05, 0.1) is 5.69 Å². The van der Waals surface area contributed by atoms with Crippen LogP contribution >= 0.6 is 0 Å². The molecule has 0 aromatic heterocycles. The Hall–Kier alpha value is -3.61. The SMILES string of the molecule is CC(C)Cc1ccc2c(c1)CN(c1c(N)c(=O)c1=O)CC2.CC(C)Cc1ccc2c(c1)NC(=O)CO2. The van der Waals surface area contributed by atoms with Gasteiger partial charge in [0.25, 0.3) is 16.8 Å². The second-order valence-corrected chi connectivity index (χ2v) is 10.6. The molecule has 0 bridgehead atoms. The van der Waals surface area contributed by atoms with Gasteiger partial charge >= 0.3 is 0 Å². The predicted molar refractivity (Wildman–Crippen MR) is 145 cm³/mol. The second kappa shape index (κ2) is 10.6. The maximum atomic E-state index is 11.7. The van der Waals surface area contributed by atoms with E-state index in [1.165, 1.54) is 22.3 Å². The van der Waals surface area contributed by atoms with Gasteiger partial charge in [-0.3, -0.25) is 14.4 Å².